The molecule has 0 spiro atoms. The zero-order valence-electron chi connectivity index (χ0n) is 16.6. The molecule has 0 saturated carbocycles. The monoisotopic (exact) mass is 417 g/mol. The summed E-state index contributed by atoms with van der Waals surface area (Å²) in [5.74, 6) is -0.314. The SMILES string of the molecule is CC(C)(CNC(=O)C(Cc1ccccc1)n1cnnn1)c1cccc(C(F)(F)F)c1. The van der Waals surface area contributed by atoms with Gasteiger partial charge in [0.25, 0.3) is 0 Å². The van der Waals surface area contributed by atoms with Gasteiger partial charge in [0.05, 0.1) is 5.56 Å². The molecule has 0 bridgehead atoms. The number of tetrazole rings is 1. The average Bonchev–Trinajstić information content (AvgIpc) is 3.25. The molecule has 0 aliphatic rings. The van der Waals surface area contributed by atoms with Crippen molar-refractivity contribution in [3.63, 3.8) is 0 Å². The van der Waals surface area contributed by atoms with E-state index in [1.807, 2.05) is 30.3 Å². The molecule has 6 nitrogen and oxygen atoms in total. The summed E-state index contributed by atoms with van der Waals surface area (Å²) in [6.07, 6.45) is -2.68. The molecule has 0 aliphatic carbocycles. The first kappa shape index (κ1) is 21.5. The van der Waals surface area contributed by atoms with Gasteiger partial charge in [-0.15, -0.1) is 5.10 Å². The summed E-state index contributed by atoms with van der Waals surface area (Å²) in [5.41, 5.74) is -0.00513. The van der Waals surface area contributed by atoms with E-state index >= 15 is 0 Å². The van der Waals surface area contributed by atoms with Gasteiger partial charge in [-0.05, 0) is 27.6 Å². The Bertz CT molecular complexity index is 972. The Hall–Kier alpha value is -3.23. The number of carbonyl (C=O) groups is 1. The normalized spacial score (nSPS) is 13.1. The molecule has 1 amide bonds. The highest BCUT2D eigenvalue weighted by atomic mass is 19.4. The molecule has 1 heterocycles. The predicted molar refractivity (Wildman–Crippen MR) is 104 cm³/mol. The molecule has 1 aromatic heterocycles. The summed E-state index contributed by atoms with van der Waals surface area (Å²) in [5, 5.41) is 13.9. The molecule has 3 rings (SSSR count). The molecule has 1 atom stereocenters. The van der Waals surface area contributed by atoms with Gasteiger partial charge in [-0.25, -0.2) is 4.68 Å². The molecule has 1 unspecified atom stereocenters. The number of hydrogen-bond donors (Lipinski definition) is 1. The third kappa shape index (κ3) is 5.22. The number of benzene rings is 2. The van der Waals surface area contributed by atoms with Gasteiger partial charge in [-0.3, -0.25) is 4.79 Å². The van der Waals surface area contributed by atoms with E-state index in [-0.39, 0.29) is 12.5 Å². The molecule has 1 N–H and O–H groups in total. The fourth-order valence-corrected chi connectivity index (χ4v) is 3.10. The minimum Gasteiger partial charge on any atom is -0.353 e. The number of hydrogen-bond acceptors (Lipinski definition) is 4. The molecule has 3 aromatic rings. The third-order valence-electron chi connectivity index (χ3n) is 4.93. The van der Waals surface area contributed by atoms with Crippen LogP contribution in [-0.2, 0) is 22.8 Å². The van der Waals surface area contributed by atoms with Crippen molar-refractivity contribution in [1.29, 1.82) is 0 Å². The van der Waals surface area contributed by atoms with E-state index in [0.29, 0.717) is 12.0 Å². The van der Waals surface area contributed by atoms with Gasteiger partial charge in [0.2, 0.25) is 5.91 Å². The first-order chi connectivity index (χ1) is 14.2. The van der Waals surface area contributed by atoms with E-state index in [1.54, 1.807) is 19.9 Å². The first-order valence-corrected chi connectivity index (χ1v) is 9.39. The number of aromatic nitrogens is 4. The van der Waals surface area contributed by atoms with Gasteiger partial charge >= 0.3 is 6.18 Å². The van der Waals surface area contributed by atoms with Gasteiger partial charge in [-0.1, -0.05) is 62.4 Å². The molecule has 0 aliphatic heterocycles. The van der Waals surface area contributed by atoms with Crippen molar-refractivity contribution in [2.24, 2.45) is 0 Å². The van der Waals surface area contributed by atoms with Gasteiger partial charge in [0.15, 0.2) is 0 Å². The lowest BCUT2D eigenvalue weighted by molar-refractivity contribution is -0.137. The molecule has 0 saturated heterocycles. The molecule has 30 heavy (non-hydrogen) atoms. The smallest absolute Gasteiger partial charge is 0.353 e. The minimum atomic E-state index is -4.42. The van der Waals surface area contributed by atoms with E-state index in [2.05, 4.69) is 20.8 Å². The van der Waals surface area contributed by atoms with Crippen LogP contribution < -0.4 is 5.32 Å². The van der Waals surface area contributed by atoms with Crippen molar-refractivity contribution in [3.8, 4) is 0 Å². The van der Waals surface area contributed by atoms with E-state index in [4.69, 9.17) is 0 Å². The number of rotatable bonds is 7. The summed E-state index contributed by atoms with van der Waals surface area (Å²) in [4.78, 5) is 12.9. The fourth-order valence-electron chi connectivity index (χ4n) is 3.10. The predicted octanol–water partition coefficient (Wildman–Crippen LogP) is 3.57. The van der Waals surface area contributed by atoms with Crippen LogP contribution >= 0.6 is 0 Å². The van der Waals surface area contributed by atoms with Crippen molar-refractivity contribution < 1.29 is 18.0 Å². The lowest BCUT2D eigenvalue weighted by atomic mass is 9.83. The van der Waals surface area contributed by atoms with E-state index < -0.39 is 23.2 Å². The van der Waals surface area contributed by atoms with Gasteiger partial charge < -0.3 is 5.32 Å². The molecule has 2 aromatic carbocycles. The Kier molecular flexibility index (Phi) is 6.19. The summed E-state index contributed by atoms with van der Waals surface area (Å²) >= 11 is 0. The minimum absolute atomic E-state index is 0.153. The highest BCUT2D eigenvalue weighted by Crippen LogP contribution is 2.32. The van der Waals surface area contributed by atoms with Crippen molar-refractivity contribution in [2.75, 3.05) is 6.54 Å². The Balaban J connectivity index is 1.74. The highest BCUT2D eigenvalue weighted by molar-refractivity contribution is 5.80. The van der Waals surface area contributed by atoms with Gasteiger partial charge in [0, 0.05) is 18.4 Å². The molecular weight excluding hydrogens is 395 g/mol. The highest BCUT2D eigenvalue weighted by Gasteiger charge is 2.32. The lowest BCUT2D eigenvalue weighted by Crippen LogP contribution is -2.41. The van der Waals surface area contributed by atoms with Crippen molar-refractivity contribution in [2.45, 2.75) is 37.9 Å². The van der Waals surface area contributed by atoms with Crippen molar-refractivity contribution in [1.82, 2.24) is 25.5 Å². The Morgan fingerprint density at radius 2 is 1.77 bits per heavy atom. The standard InChI is InChI=1S/C21H22F3N5O/c1-20(2,16-9-6-10-17(12-16)21(22,23)24)13-25-19(30)18(29-14-26-27-28-29)11-15-7-4-3-5-8-15/h3-10,12,14,18H,11,13H2,1-2H3,(H,25,30). The number of amides is 1. The van der Waals surface area contributed by atoms with Crippen molar-refractivity contribution >= 4 is 5.91 Å². The second-order valence-corrected chi connectivity index (χ2v) is 7.68. The maximum Gasteiger partial charge on any atom is 0.416 e. The van der Waals surface area contributed by atoms with Crippen LogP contribution in [-0.4, -0.2) is 32.7 Å². The molecule has 0 fully saturated rings. The Labute approximate surface area is 172 Å². The second-order valence-electron chi connectivity index (χ2n) is 7.68. The summed E-state index contributed by atoms with van der Waals surface area (Å²) in [6, 6.07) is 13.9. The zero-order valence-corrected chi connectivity index (χ0v) is 16.6. The van der Waals surface area contributed by atoms with Crippen LogP contribution in [0.15, 0.2) is 60.9 Å². The topological polar surface area (TPSA) is 72.7 Å². The average molecular weight is 417 g/mol. The Morgan fingerprint density at radius 3 is 2.40 bits per heavy atom. The lowest BCUT2D eigenvalue weighted by Gasteiger charge is -2.27. The summed E-state index contributed by atoms with van der Waals surface area (Å²) in [6.45, 7) is 3.72. The quantitative estimate of drug-likeness (QED) is 0.638. The number of nitrogens with one attached hydrogen (secondary N) is 1. The van der Waals surface area contributed by atoms with E-state index in [1.165, 1.54) is 17.1 Å². The summed E-state index contributed by atoms with van der Waals surface area (Å²) < 4.78 is 40.5. The number of alkyl halides is 3. The molecule has 0 radical (unpaired) electrons. The van der Waals surface area contributed by atoms with Crippen LogP contribution in [0.3, 0.4) is 0 Å². The number of carbonyl (C=O) groups excluding carboxylic acids is 1. The zero-order chi connectivity index (χ0) is 21.8. The number of halogens is 3. The fraction of sp³-hybridized carbons (Fsp3) is 0.333. The van der Waals surface area contributed by atoms with Crippen LogP contribution in [0.2, 0.25) is 0 Å². The van der Waals surface area contributed by atoms with Crippen LogP contribution in [0.25, 0.3) is 0 Å². The van der Waals surface area contributed by atoms with Gasteiger partial charge in [0.1, 0.15) is 12.4 Å². The van der Waals surface area contributed by atoms with Crippen LogP contribution in [0.4, 0.5) is 13.2 Å². The van der Waals surface area contributed by atoms with Crippen molar-refractivity contribution in [3.05, 3.63) is 77.6 Å². The van der Waals surface area contributed by atoms with Crippen LogP contribution in [0.5, 0.6) is 0 Å². The molecular formula is C21H22F3N5O. The Morgan fingerprint density at radius 1 is 1.07 bits per heavy atom. The summed E-state index contributed by atoms with van der Waals surface area (Å²) in [7, 11) is 0. The van der Waals surface area contributed by atoms with E-state index in [9.17, 15) is 18.0 Å². The van der Waals surface area contributed by atoms with E-state index in [0.717, 1.165) is 17.7 Å². The van der Waals surface area contributed by atoms with Gasteiger partial charge in [-0.2, -0.15) is 13.2 Å². The molecule has 9 heteroatoms. The largest absolute Gasteiger partial charge is 0.416 e. The first-order valence-electron chi connectivity index (χ1n) is 9.39. The molecule has 158 valence electrons. The number of nitrogens with zero attached hydrogens (tertiary/aromatic N) is 4. The maximum absolute atomic E-state index is 13.0. The maximum atomic E-state index is 13.0. The van der Waals surface area contributed by atoms with Crippen LogP contribution in [0.1, 0.15) is 36.6 Å². The third-order valence-corrected chi connectivity index (χ3v) is 4.93. The second kappa shape index (κ2) is 8.64. The van der Waals surface area contributed by atoms with Crippen LogP contribution in [0, 0.1) is 0 Å².